The Morgan fingerprint density at radius 3 is 2.58 bits per heavy atom. The molecule has 1 heterocycles. The van der Waals surface area contributed by atoms with Crippen molar-refractivity contribution < 1.29 is 27.9 Å². The molecule has 0 aromatic heterocycles. The molecule has 1 aliphatic heterocycles. The van der Waals surface area contributed by atoms with Gasteiger partial charge in [0.2, 0.25) is 5.91 Å². The van der Waals surface area contributed by atoms with Gasteiger partial charge in [-0.25, -0.2) is 0 Å². The minimum atomic E-state index is -4.42. The molecule has 0 aliphatic carbocycles. The van der Waals surface area contributed by atoms with Crippen LogP contribution in [0.5, 0.6) is 0 Å². The summed E-state index contributed by atoms with van der Waals surface area (Å²) in [5.74, 6) is -1.68. The molecule has 2 rings (SSSR count). The Labute approximate surface area is 138 Å². The summed E-state index contributed by atoms with van der Waals surface area (Å²) in [6.07, 6.45) is -3.85. The largest absolute Gasteiger partial charge is 0.481 e. The smallest absolute Gasteiger partial charge is 0.416 e. The quantitative estimate of drug-likeness (QED) is 0.913. The van der Waals surface area contributed by atoms with Crippen LogP contribution in [-0.2, 0) is 22.2 Å². The van der Waals surface area contributed by atoms with Crippen LogP contribution in [-0.4, -0.2) is 35.0 Å². The monoisotopic (exact) mass is 343 g/mol. The highest BCUT2D eigenvalue weighted by Crippen LogP contribution is 2.32. The van der Waals surface area contributed by atoms with E-state index in [1.807, 2.05) is 0 Å². The fraction of sp³-hybridized carbons (Fsp3) is 0.529. The molecule has 0 radical (unpaired) electrons. The molecule has 24 heavy (non-hydrogen) atoms. The van der Waals surface area contributed by atoms with E-state index in [1.54, 1.807) is 19.9 Å². The van der Waals surface area contributed by atoms with E-state index in [0.717, 1.165) is 12.1 Å². The maximum Gasteiger partial charge on any atom is 0.416 e. The molecule has 0 spiro atoms. The van der Waals surface area contributed by atoms with Crippen molar-refractivity contribution in [3.05, 3.63) is 35.4 Å². The fourth-order valence-corrected chi connectivity index (χ4v) is 2.95. The van der Waals surface area contributed by atoms with Crippen molar-refractivity contribution in [2.24, 2.45) is 11.3 Å². The number of benzene rings is 1. The van der Waals surface area contributed by atoms with Crippen molar-refractivity contribution in [2.75, 3.05) is 13.1 Å². The molecule has 4 nitrogen and oxygen atoms in total. The number of rotatable bonds is 4. The van der Waals surface area contributed by atoms with Crippen LogP contribution < -0.4 is 0 Å². The number of amides is 1. The van der Waals surface area contributed by atoms with Crippen LogP contribution >= 0.6 is 0 Å². The molecule has 1 aromatic carbocycles. The number of nitrogens with zero attached hydrogens (tertiary/aromatic N) is 1. The van der Waals surface area contributed by atoms with Gasteiger partial charge in [-0.15, -0.1) is 0 Å². The van der Waals surface area contributed by atoms with Crippen LogP contribution in [0.4, 0.5) is 13.2 Å². The third-order valence-corrected chi connectivity index (χ3v) is 4.52. The van der Waals surface area contributed by atoms with Crippen LogP contribution in [0.1, 0.15) is 31.4 Å². The maximum atomic E-state index is 12.7. The van der Waals surface area contributed by atoms with E-state index >= 15 is 0 Å². The fourth-order valence-electron chi connectivity index (χ4n) is 2.95. The Morgan fingerprint density at radius 1 is 1.38 bits per heavy atom. The van der Waals surface area contributed by atoms with Gasteiger partial charge in [-0.2, -0.15) is 13.2 Å². The first-order chi connectivity index (χ1) is 11.0. The number of hydrogen-bond acceptors (Lipinski definition) is 2. The summed E-state index contributed by atoms with van der Waals surface area (Å²) in [4.78, 5) is 25.2. The Hall–Kier alpha value is -2.05. The van der Waals surface area contributed by atoms with Crippen molar-refractivity contribution in [1.82, 2.24) is 4.90 Å². The molecule has 2 atom stereocenters. The number of aliphatic carboxylic acids is 1. The summed E-state index contributed by atoms with van der Waals surface area (Å²) in [6.45, 7) is 3.74. The minimum absolute atomic E-state index is 0.133. The van der Waals surface area contributed by atoms with Gasteiger partial charge >= 0.3 is 12.1 Å². The molecule has 1 fully saturated rings. The summed E-state index contributed by atoms with van der Waals surface area (Å²) in [5.41, 5.74) is -1.25. The van der Waals surface area contributed by atoms with Crippen molar-refractivity contribution in [1.29, 1.82) is 0 Å². The normalized spacial score (nSPS) is 22.5. The zero-order chi connectivity index (χ0) is 18.1. The van der Waals surface area contributed by atoms with Gasteiger partial charge in [0, 0.05) is 19.0 Å². The van der Waals surface area contributed by atoms with E-state index in [0.29, 0.717) is 18.5 Å². The SMILES string of the molecule is C[C@@H](Cc1cccc(C(F)(F)F)c1)C(=O)N1CC[C@](C)(C(=O)O)C1. The number of carboxylic acid groups (broad SMARTS) is 1. The van der Waals surface area contributed by atoms with Crippen LogP contribution in [0.15, 0.2) is 24.3 Å². The lowest BCUT2D eigenvalue weighted by atomic mass is 9.90. The second kappa shape index (κ2) is 6.45. The van der Waals surface area contributed by atoms with Crippen LogP contribution in [0, 0.1) is 11.3 Å². The molecule has 0 unspecified atom stereocenters. The Balaban J connectivity index is 2.04. The van der Waals surface area contributed by atoms with E-state index in [9.17, 15) is 27.9 Å². The highest BCUT2D eigenvalue weighted by molar-refractivity contribution is 5.82. The summed E-state index contributed by atoms with van der Waals surface area (Å²) < 4.78 is 38.2. The van der Waals surface area contributed by atoms with Crippen LogP contribution in [0.3, 0.4) is 0 Å². The molecule has 1 aromatic rings. The van der Waals surface area contributed by atoms with Gasteiger partial charge in [-0.1, -0.05) is 25.1 Å². The first-order valence-electron chi connectivity index (χ1n) is 7.71. The highest BCUT2D eigenvalue weighted by atomic mass is 19.4. The number of alkyl halides is 3. The number of halogens is 3. The number of carboxylic acids is 1. The number of carbonyl (C=O) groups excluding carboxylic acids is 1. The summed E-state index contributed by atoms with van der Waals surface area (Å²) in [5, 5.41) is 9.21. The molecule has 0 bridgehead atoms. The zero-order valence-electron chi connectivity index (χ0n) is 13.6. The molecule has 1 amide bonds. The lowest BCUT2D eigenvalue weighted by Gasteiger charge is -2.23. The van der Waals surface area contributed by atoms with E-state index in [4.69, 9.17) is 0 Å². The van der Waals surface area contributed by atoms with Gasteiger partial charge in [0.05, 0.1) is 11.0 Å². The van der Waals surface area contributed by atoms with Crippen LogP contribution in [0.2, 0.25) is 0 Å². The third kappa shape index (κ3) is 3.88. The van der Waals surface area contributed by atoms with E-state index in [2.05, 4.69) is 0 Å². The summed E-state index contributed by atoms with van der Waals surface area (Å²) >= 11 is 0. The highest BCUT2D eigenvalue weighted by Gasteiger charge is 2.42. The second-order valence-electron chi connectivity index (χ2n) is 6.68. The lowest BCUT2D eigenvalue weighted by molar-refractivity contribution is -0.147. The lowest BCUT2D eigenvalue weighted by Crippen LogP contribution is -2.37. The van der Waals surface area contributed by atoms with E-state index in [1.165, 1.54) is 11.0 Å². The Kier molecular flexibility index (Phi) is 4.92. The van der Waals surface area contributed by atoms with E-state index in [-0.39, 0.29) is 18.9 Å². The molecule has 1 aliphatic rings. The summed E-state index contributed by atoms with van der Waals surface area (Å²) in [6, 6.07) is 4.93. The van der Waals surface area contributed by atoms with Gasteiger partial charge in [0.15, 0.2) is 0 Å². The molecular formula is C17H20F3NO3. The second-order valence-corrected chi connectivity index (χ2v) is 6.68. The van der Waals surface area contributed by atoms with Gasteiger partial charge < -0.3 is 10.0 Å². The van der Waals surface area contributed by atoms with Gasteiger partial charge in [0.1, 0.15) is 0 Å². The minimum Gasteiger partial charge on any atom is -0.481 e. The third-order valence-electron chi connectivity index (χ3n) is 4.52. The van der Waals surface area contributed by atoms with Gasteiger partial charge in [-0.05, 0) is 31.4 Å². The molecular weight excluding hydrogens is 323 g/mol. The summed E-state index contributed by atoms with van der Waals surface area (Å²) in [7, 11) is 0. The number of likely N-dealkylation sites (tertiary alicyclic amines) is 1. The molecule has 132 valence electrons. The Morgan fingerprint density at radius 2 is 2.04 bits per heavy atom. The molecule has 1 saturated heterocycles. The standard InChI is InChI=1S/C17H20F3NO3/c1-11(8-12-4-3-5-13(9-12)17(18,19)20)14(22)21-7-6-16(2,10-21)15(23)24/h3-5,9,11H,6-8,10H2,1-2H3,(H,23,24)/t11-,16-/m0/s1. The van der Waals surface area contributed by atoms with Gasteiger partial charge in [0.25, 0.3) is 0 Å². The van der Waals surface area contributed by atoms with Crippen molar-refractivity contribution in [3.8, 4) is 0 Å². The molecule has 1 N–H and O–H groups in total. The first kappa shape index (κ1) is 18.3. The van der Waals surface area contributed by atoms with Gasteiger partial charge in [-0.3, -0.25) is 9.59 Å². The predicted molar refractivity (Wildman–Crippen MR) is 81.3 cm³/mol. The van der Waals surface area contributed by atoms with Crippen LogP contribution in [0.25, 0.3) is 0 Å². The van der Waals surface area contributed by atoms with Crippen molar-refractivity contribution >= 4 is 11.9 Å². The van der Waals surface area contributed by atoms with Crippen molar-refractivity contribution in [2.45, 2.75) is 32.9 Å². The predicted octanol–water partition coefficient (Wildman–Crippen LogP) is 3.21. The molecule has 7 heteroatoms. The first-order valence-corrected chi connectivity index (χ1v) is 7.71. The van der Waals surface area contributed by atoms with E-state index < -0.39 is 29.0 Å². The zero-order valence-corrected chi connectivity index (χ0v) is 13.6. The number of carbonyl (C=O) groups is 2. The Bertz CT molecular complexity index is 644. The number of hydrogen-bond donors (Lipinski definition) is 1. The maximum absolute atomic E-state index is 12.7. The average molecular weight is 343 g/mol. The topological polar surface area (TPSA) is 57.6 Å². The van der Waals surface area contributed by atoms with Crippen molar-refractivity contribution in [3.63, 3.8) is 0 Å². The average Bonchev–Trinajstić information content (AvgIpc) is 2.90. The molecule has 0 saturated carbocycles.